The summed E-state index contributed by atoms with van der Waals surface area (Å²) in [5, 5.41) is 7.12. The number of carbonyl (C=O) groups is 2. The second-order valence-corrected chi connectivity index (χ2v) is 7.00. The Morgan fingerprint density at radius 3 is 2.60 bits per heavy atom. The number of likely N-dealkylation sites (tertiary alicyclic amines) is 1. The summed E-state index contributed by atoms with van der Waals surface area (Å²) in [5.74, 6) is -1.51. The van der Waals surface area contributed by atoms with E-state index < -0.39 is 12.1 Å². The number of halogens is 3. The van der Waals surface area contributed by atoms with E-state index in [9.17, 15) is 18.0 Å². The zero-order chi connectivity index (χ0) is 22.2. The monoisotopic (exact) mass is 434 g/mol. The topological polar surface area (TPSA) is 98.2 Å². The van der Waals surface area contributed by atoms with Crippen LogP contribution in [0, 0.1) is 5.92 Å². The van der Waals surface area contributed by atoms with E-state index in [1.54, 1.807) is 13.3 Å². The van der Waals surface area contributed by atoms with Crippen LogP contribution in [0.25, 0.3) is 0 Å². The highest BCUT2D eigenvalue weighted by Crippen LogP contribution is 2.41. The van der Waals surface area contributed by atoms with Crippen molar-refractivity contribution in [3.8, 4) is 5.88 Å². The molecule has 0 bridgehead atoms. The van der Waals surface area contributed by atoms with Crippen LogP contribution in [0.2, 0.25) is 0 Å². The van der Waals surface area contributed by atoms with E-state index >= 15 is 0 Å². The maximum atomic E-state index is 12.0. The van der Waals surface area contributed by atoms with Crippen LogP contribution < -0.4 is 4.74 Å². The van der Waals surface area contributed by atoms with Crippen LogP contribution in [-0.2, 0) is 19.1 Å². The number of carboxylic acids is 1. The van der Waals surface area contributed by atoms with Crippen LogP contribution in [0.3, 0.4) is 0 Å². The van der Waals surface area contributed by atoms with Gasteiger partial charge in [0.05, 0.1) is 32.7 Å². The van der Waals surface area contributed by atoms with Crippen molar-refractivity contribution in [2.45, 2.75) is 31.0 Å². The van der Waals surface area contributed by atoms with Gasteiger partial charge in [0, 0.05) is 26.0 Å². The molecule has 8 nitrogen and oxygen atoms in total. The van der Waals surface area contributed by atoms with Gasteiger partial charge in [-0.2, -0.15) is 13.2 Å². The lowest BCUT2D eigenvalue weighted by Gasteiger charge is -2.50. The highest BCUT2D eigenvalue weighted by Gasteiger charge is 2.53. The first-order chi connectivity index (χ1) is 14.2. The minimum Gasteiger partial charge on any atom is -0.478 e. The maximum Gasteiger partial charge on any atom is 0.490 e. The Hall–Kier alpha value is -2.40. The Labute approximate surface area is 171 Å². The Morgan fingerprint density at radius 2 is 2.03 bits per heavy atom. The van der Waals surface area contributed by atoms with Crippen molar-refractivity contribution < 1.29 is 42.1 Å². The number of ether oxygens (including phenoxy) is 3. The Kier molecular flexibility index (Phi) is 8.42. The number of aliphatic carboxylic acids is 1. The van der Waals surface area contributed by atoms with Gasteiger partial charge < -0.3 is 24.2 Å². The maximum absolute atomic E-state index is 12.0. The standard InChI is InChI=1S/C17H24N2O4.C2HF3O2/c1-21-9-7-16(20)19-12-17(13-19)14(6-11-23-17)5-10-22-15-4-2-3-8-18-15;3-2(4,5)1(6)7/h2-4,8,14H,5-7,9-13H2,1H3;(H,6,7). The van der Waals surface area contributed by atoms with Crippen molar-refractivity contribution in [1.29, 1.82) is 0 Å². The van der Waals surface area contributed by atoms with E-state index in [0.717, 1.165) is 19.4 Å². The molecule has 30 heavy (non-hydrogen) atoms. The van der Waals surface area contributed by atoms with E-state index in [0.29, 0.717) is 44.5 Å². The normalized spacial score (nSPS) is 19.6. The zero-order valence-corrected chi connectivity index (χ0v) is 16.6. The summed E-state index contributed by atoms with van der Waals surface area (Å²) >= 11 is 0. The molecule has 1 aromatic heterocycles. The summed E-state index contributed by atoms with van der Waals surface area (Å²) in [6.45, 7) is 3.27. The number of pyridine rings is 1. The van der Waals surface area contributed by atoms with Crippen LogP contribution in [0.15, 0.2) is 24.4 Å². The van der Waals surface area contributed by atoms with Crippen LogP contribution in [0.4, 0.5) is 13.2 Å². The van der Waals surface area contributed by atoms with Gasteiger partial charge in [-0.25, -0.2) is 9.78 Å². The number of carbonyl (C=O) groups excluding carboxylic acids is 1. The molecule has 3 heterocycles. The summed E-state index contributed by atoms with van der Waals surface area (Å²) in [6.07, 6.45) is -0.951. The van der Waals surface area contributed by atoms with Crippen LogP contribution in [-0.4, -0.2) is 78.7 Å². The lowest BCUT2D eigenvalue weighted by molar-refractivity contribution is -0.192. The summed E-state index contributed by atoms with van der Waals surface area (Å²) < 4.78 is 48.4. The summed E-state index contributed by atoms with van der Waals surface area (Å²) in [4.78, 5) is 26.9. The molecule has 0 saturated carbocycles. The first-order valence-corrected chi connectivity index (χ1v) is 9.42. The van der Waals surface area contributed by atoms with Gasteiger partial charge in [0.2, 0.25) is 11.8 Å². The number of alkyl halides is 3. The van der Waals surface area contributed by atoms with Crippen LogP contribution in [0.5, 0.6) is 5.88 Å². The molecule has 1 spiro atoms. The molecule has 1 atom stereocenters. The lowest BCUT2D eigenvalue weighted by atomic mass is 9.79. The van der Waals surface area contributed by atoms with E-state index in [4.69, 9.17) is 24.1 Å². The van der Waals surface area contributed by atoms with Gasteiger partial charge >= 0.3 is 12.1 Å². The first kappa shape index (κ1) is 23.9. The van der Waals surface area contributed by atoms with Gasteiger partial charge in [0.25, 0.3) is 0 Å². The number of hydrogen-bond acceptors (Lipinski definition) is 6. The third-order valence-corrected chi connectivity index (χ3v) is 4.99. The number of amides is 1. The van der Waals surface area contributed by atoms with E-state index in [1.807, 2.05) is 23.1 Å². The van der Waals surface area contributed by atoms with Gasteiger partial charge in [-0.15, -0.1) is 0 Å². The average Bonchev–Trinajstić information content (AvgIpc) is 3.09. The third kappa shape index (κ3) is 6.56. The van der Waals surface area contributed by atoms with Crippen molar-refractivity contribution in [1.82, 2.24) is 9.88 Å². The summed E-state index contributed by atoms with van der Waals surface area (Å²) in [5.41, 5.74) is -0.157. The molecule has 168 valence electrons. The predicted molar refractivity (Wildman–Crippen MR) is 97.9 cm³/mol. The molecule has 1 unspecified atom stereocenters. The molecule has 0 radical (unpaired) electrons. The van der Waals surface area contributed by atoms with Gasteiger partial charge in [-0.3, -0.25) is 4.79 Å². The largest absolute Gasteiger partial charge is 0.490 e. The number of nitrogens with zero attached hydrogens (tertiary/aromatic N) is 2. The smallest absolute Gasteiger partial charge is 0.478 e. The Balaban J connectivity index is 0.000000396. The van der Waals surface area contributed by atoms with Gasteiger partial charge in [0.15, 0.2) is 0 Å². The van der Waals surface area contributed by atoms with Crippen molar-refractivity contribution in [2.75, 3.05) is 40.0 Å². The highest BCUT2D eigenvalue weighted by molar-refractivity contribution is 5.77. The minimum atomic E-state index is -5.08. The van der Waals surface area contributed by atoms with Gasteiger partial charge in [-0.05, 0) is 24.8 Å². The molecule has 2 aliphatic heterocycles. The number of methoxy groups -OCH3 is 1. The second-order valence-electron chi connectivity index (χ2n) is 7.00. The molecule has 1 aromatic rings. The van der Waals surface area contributed by atoms with E-state index in [2.05, 4.69) is 4.98 Å². The molecule has 0 aromatic carbocycles. The quantitative estimate of drug-likeness (QED) is 0.702. The fraction of sp³-hybridized carbons (Fsp3) is 0.632. The van der Waals surface area contributed by atoms with Crippen molar-refractivity contribution in [2.24, 2.45) is 5.92 Å². The zero-order valence-electron chi connectivity index (χ0n) is 16.6. The van der Waals surface area contributed by atoms with E-state index in [1.165, 1.54) is 0 Å². The van der Waals surface area contributed by atoms with E-state index in [-0.39, 0.29) is 11.5 Å². The van der Waals surface area contributed by atoms with Crippen molar-refractivity contribution in [3.05, 3.63) is 24.4 Å². The number of aromatic nitrogens is 1. The molecule has 2 saturated heterocycles. The van der Waals surface area contributed by atoms with Crippen LogP contribution >= 0.6 is 0 Å². The van der Waals surface area contributed by atoms with Crippen molar-refractivity contribution in [3.63, 3.8) is 0 Å². The fourth-order valence-corrected chi connectivity index (χ4v) is 3.40. The van der Waals surface area contributed by atoms with Gasteiger partial charge in [-0.1, -0.05) is 6.07 Å². The predicted octanol–water partition coefficient (Wildman–Crippen LogP) is 2.14. The Bertz CT molecular complexity index is 695. The molecular weight excluding hydrogens is 409 g/mol. The van der Waals surface area contributed by atoms with Crippen LogP contribution in [0.1, 0.15) is 19.3 Å². The number of carboxylic acid groups (broad SMARTS) is 1. The molecule has 1 amide bonds. The highest BCUT2D eigenvalue weighted by atomic mass is 19.4. The molecule has 2 fully saturated rings. The molecule has 1 N–H and O–H groups in total. The first-order valence-electron chi connectivity index (χ1n) is 9.42. The summed E-state index contributed by atoms with van der Waals surface area (Å²) in [6, 6.07) is 5.65. The minimum absolute atomic E-state index is 0.150. The third-order valence-electron chi connectivity index (χ3n) is 4.99. The molecular formula is C19H25F3N2O6. The fourth-order valence-electron chi connectivity index (χ4n) is 3.40. The number of hydrogen-bond donors (Lipinski definition) is 1. The van der Waals surface area contributed by atoms with Crippen molar-refractivity contribution >= 4 is 11.9 Å². The summed E-state index contributed by atoms with van der Waals surface area (Å²) in [7, 11) is 1.61. The number of rotatable bonds is 7. The molecule has 0 aliphatic carbocycles. The van der Waals surface area contributed by atoms with Gasteiger partial charge in [0.1, 0.15) is 5.60 Å². The average molecular weight is 434 g/mol. The molecule has 3 rings (SSSR count). The molecule has 2 aliphatic rings. The Morgan fingerprint density at radius 1 is 1.33 bits per heavy atom. The second kappa shape index (κ2) is 10.6. The molecule has 11 heteroatoms. The lowest BCUT2D eigenvalue weighted by Crippen LogP contribution is -2.66. The SMILES string of the molecule is COCCC(=O)N1CC2(C1)OCCC2CCOc1ccccn1.O=C(O)C(F)(F)F.